The van der Waals surface area contributed by atoms with Crippen molar-refractivity contribution < 1.29 is 0 Å². The van der Waals surface area contributed by atoms with Crippen LogP contribution in [0.25, 0.3) is 5.70 Å². The third kappa shape index (κ3) is 2.22. The number of piperidine rings is 1. The molecule has 0 radical (unpaired) electrons. The first-order valence-electron chi connectivity index (χ1n) is 5.93. The van der Waals surface area contributed by atoms with Gasteiger partial charge in [0.05, 0.1) is 0 Å². The lowest BCUT2D eigenvalue weighted by Crippen LogP contribution is -2.47. The molecule has 2 aliphatic rings. The van der Waals surface area contributed by atoms with E-state index in [9.17, 15) is 0 Å². The van der Waals surface area contributed by atoms with E-state index in [2.05, 4.69) is 31.3 Å². The number of hydrogen-bond acceptors (Lipinski definition) is 6. The molecule has 3 N–H and O–H groups in total. The maximum absolute atomic E-state index is 4.22. The Morgan fingerprint density at radius 3 is 2.71 bits per heavy atom. The minimum atomic E-state index is 0.532. The van der Waals surface area contributed by atoms with Crippen LogP contribution < -0.4 is 16.3 Å². The van der Waals surface area contributed by atoms with Gasteiger partial charge in [0.1, 0.15) is 5.70 Å². The highest BCUT2D eigenvalue weighted by atomic mass is 15.7. The quantitative estimate of drug-likeness (QED) is 0.659. The van der Waals surface area contributed by atoms with Crippen LogP contribution in [0, 0.1) is 0 Å². The second-order valence-electron chi connectivity index (χ2n) is 4.24. The van der Waals surface area contributed by atoms with Crippen LogP contribution in [-0.2, 0) is 0 Å². The van der Waals surface area contributed by atoms with E-state index in [0.29, 0.717) is 6.04 Å². The van der Waals surface area contributed by atoms with Crippen LogP contribution in [0.2, 0.25) is 0 Å². The van der Waals surface area contributed by atoms with E-state index in [0.717, 1.165) is 37.5 Å². The Morgan fingerprint density at radius 2 is 1.94 bits per heavy atom. The molecule has 17 heavy (non-hydrogen) atoms. The second-order valence-corrected chi connectivity index (χ2v) is 4.24. The molecule has 0 saturated carbocycles. The van der Waals surface area contributed by atoms with E-state index in [1.54, 1.807) is 12.4 Å². The van der Waals surface area contributed by atoms with Crippen molar-refractivity contribution in [3.63, 3.8) is 0 Å². The highest BCUT2D eigenvalue weighted by molar-refractivity contribution is 5.57. The monoisotopic (exact) mass is 232 g/mol. The molecule has 2 aliphatic heterocycles. The van der Waals surface area contributed by atoms with Crippen LogP contribution in [0.5, 0.6) is 0 Å². The zero-order chi connectivity index (χ0) is 11.5. The van der Waals surface area contributed by atoms with Crippen LogP contribution >= 0.6 is 0 Å². The fourth-order valence-electron chi connectivity index (χ4n) is 2.16. The van der Waals surface area contributed by atoms with Gasteiger partial charge in [0, 0.05) is 24.6 Å². The van der Waals surface area contributed by atoms with Crippen molar-refractivity contribution in [2.45, 2.75) is 18.9 Å². The van der Waals surface area contributed by atoms with Crippen molar-refractivity contribution in [3.05, 3.63) is 30.5 Å². The minimum absolute atomic E-state index is 0.532. The predicted octanol–water partition coefficient (Wildman–Crippen LogP) is -0.148. The molecule has 0 atom stereocenters. The van der Waals surface area contributed by atoms with Crippen LogP contribution in [0.3, 0.4) is 0 Å². The van der Waals surface area contributed by atoms with Gasteiger partial charge in [0.15, 0.2) is 5.82 Å². The summed E-state index contributed by atoms with van der Waals surface area (Å²) in [7, 11) is 0. The van der Waals surface area contributed by atoms with Crippen molar-refractivity contribution in [1.29, 1.82) is 0 Å². The molecule has 1 saturated heterocycles. The Labute approximate surface area is 100 Å². The smallest absolute Gasteiger partial charge is 0.178 e. The second kappa shape index (κ2) is 4.68. The van der Waals surface area contributed by atoms with Gasteiger partial charge in [0.25, 0.3) is 0 Å². The molecule has 0 spiro atoms. The topological polar surface area (TPSA) is 65.1 Å². The van der Waals surface area contributed by atoms with Gasteiger partial charge in [-0.25, -0.2) is 9.97 Å². The molecule has 6 nitrogen and oxygen atoms in total. The van der Waals surface area contributed by atoms with E-state index in [-0.39, 0.29) is 0 Å². The van der Waals surface area contributed by atoms with Crippen molar-refractivity contribution in [3.8, 4) is 0 Å². The van der Waals surface area contributed by atoms with Gasteiger partial charge in [-0.05, 0) is 32.0 Å². The van der Waals surface area contributed by atoms with Gasteiger partial charge < -0.3 is 5.32 Å². The predicted molar refractivity (Wildman–Crippen MR) is 64.0 cm³/mol. The molecular formula is C11H16N6. The van der Waals surface area contributed by atoms with Crippen LogP contribution in [0.15, 0.2) is 24.7 Å². The van der Waals surface area contributed by atoms with Crippen LogP contribution in [0.4, 0.5) is 0 Å². The van der Waals surface area contributed by atoms with Crippen LogP contribution in [0.1, 0.15) is 18.7 Å². The molecule has 0 bridgehead atoms. The summed E-state index contributed by atoms with van der Waals surface area (Å²) in [5.74, 6) is 0.719. The van der Waals surface area contributed by atoms with E-state index in [1.165, 1.54) is 0 Å². The SMILES string of the molecule is C1=C(c2ncccn2)NNN1C1CCNCC1. The lowest BCUT2D eigenvalue weighted by molar-refractivity contribution is 0.163. The summed E-state index contributed by atoms with van der Waals surface area (Å²) < 4.78 is 0. The zero-order valence-corrected chi connectivity index (χ0v) is 9.56. The van der Waals surface area contributed by atoms with Gasteiger partial charge >= 0.3 is 0 Å². The standard InChI is InChI=1S/C11H16N6/c1-4-13-11(14-5-1)10-8-17(16-15-10)9-2-6-12-7-3-9/h1,4-5,8-9,12,15-16H,2-3,6-7H2. The largest absolute Gasteiger partial charge is 0.317 e. The van der Waals surface area contributed by atoms with E-state index < -0.39 is 0 Å². The fraction of sp³-hybridized carbons (Fsp3) is 0.455. The summed E-state index contributed by atoms with van der Waals surface area (Å²) in [6, 6.07) is 2.35. The first kappa shape index (κ1) is 10.5. The third-order valence-corrected chi connectivity index (χ3v) is 3.10. The first-order valence-corrected chi connectivity index (χ1v) is 5.93. The molecule has 0 amide bonds. The van der Waals surface area contributed by atoms with E-state index in [1.807, 2.05) is 12.3 Å². The average molecular weight is 232 g/mol. The first-order chi connectivity index (χ1) is 8.43. The summed E-state index contributed by atoms with van der Waals surface area (Å²) >= 11 is 0. The number of rotatable bonds is 2. The average Bonchev–Trinajstić information content (AvgIpc) is 2.90. The highest BCUT2D eigenvalue weighted by Gasteiger charge is 2.23. The molecule has 1 fully saturated rings. The van der Waals surface area contributed by atoms with Gasteiger partial charge in [-0.3, -0.25) is 10.4 Å². The lowest BCUT2D eigenvalue weighted by Gasteiger charge is -2.30. The minimum Gasteiger partial charge on any atom is -0.317 e. The maximum atomic E-state index is 4.22. The molecule has 0 aromatic carbocycles. The summed E-state index contributed by atoms with van der Waals surface area (Å²) in [6.45, 7) is 2.15. The Kier molecular flexibility index (Phi) is 2.89. The Balaban J connectivity index is 1.72. The normalized spacial score (nSPS) is 21.2. The molecule has 90 valence electrons. The number of hydrazine groups is 2. The number of aromatic nitrogens is 2. The number of nitrogens with zero attached hydrogens (tertiary/aromatic N) is 3. The van der Waals surface area contributed by atoms with Gasteiger partial charge in [0.2, 0.25) is 0 Å². The van der Waals surface area contributed by atoms with Crippen molar-refractivity contribution in [2.75, 3.05) is 13.1 Å². The Morgan fingerprint density at radius 1 is 1.18 bits per heavy atom. The Bertz CT molecular complexity index is 398. The highest BCUT2D eigenvalue weighted by Crippen LogP contribution is 2.16. The summed E-state index contributed by atoms with van der Waals surface area (Å²) in [5, 5.41) is 5.48. The lowest BCUT2D eigenvalue weighted by atomic mass is 10.1. The van der Waals surface area contributed by atoms with Crippen LogP contribution in [-0.4, -0.2) is 34.1 Å². The summed E-state index contributed by atoms with van der Waals surface area (Å²) in [6.07, 6.45) is 7.84. The molecule has 3 rings (SSSR count). The summed E-state index contributed by atoms with van der Waals surface area (Å²) in [4.78, 5) is 8.44. The third-order valence-electron chi connectivity index (χ3n) is 3.10. The molecular weight excluding hydrogens is 216 g/mol. The van der Waals surface area contributed by atoms with Gasteiger partial charge in [-0.2, -0.15) is 0 Å². The summed E-state index contributed by atoms with van der Waals surface area (Å²) in [5.41, 5.74) is 7.19. The van der Waals surface area contributed by atoms with Gasteiger partial charge in [-0.1, -0.05) is 0 Å². The van der Waals surface area contributed by atoms with Crippen molar-refractivity contribution in [1.82, 2.24) is 31.3 Å². The number of hydrogen-bond donors (Lipinski definition) is 3. The van der Waals surface area contributed by atoms with Crippen molar-refractivity contribution >= 4 is 5.70 Å². The molecule has 6 heteroatoms. The zero-order valence-electron chi connectivity index (χ0n) is 9.56. The molecule has 1 aromatic rings. The van der Waals surface area contributed by atoms with E-state index >= 15 is 0 Å². The fourth-order valence-corrected chi connectivity index (χ4v) is 2.16. The molecule has 3 heterocycles. The Hall–Kier alpha value is -1.66. The number of nitrogens with one attached hydrogen (secondary N) is 3. The van der Waals surface area contributed by atoms with Crippen molar-refractivity contribution in [2.24, 2.45) is 0 Å². The molecule has 0 unspecified atom stereocenters. The van der Waals surface area contributed by atoms with E-state index in [4.69, 9.17) is 0 Å². The maximum Gasteiger partial charge on any atom is 0.178 e. The molecule has 1 aromatic heterocycles. The molecule has 0 aliphatic carbocycles. The van der Waals surface area contributed by atoms with Gasteiger partial charge in [-0.15, -0.1) is 5.53 Å².